The molecule has 11 heteroatoms. The van der Waals surface area contributed by atoms with Gasteiger partial charge in [0.05, 0.1) is 23.3 Å². The molecule has 2 N–H and O–H groups in total. The quantitative estimate of drug-likeness (QED) is 0.692. The molecule has 0 spiro atoms. The minimum absolute atomic E-state index is 0.0231. The Labute approximate surface area is 157 Å². The van der Waals surface area contributed by atoms with Crippen LogP contribution in [-0.4, -0.2) is 61.0 Å². The Hall–Kier alpha value is -1.93. The van der Waals surface area contributed by atoms with Crippen LogP contribution in [0.5, 0.6) is 0 Å². The van der Waals surface area contributed by atoms with Gasteiger partial charge >= 0.3 is 12.1 Å². The molecule has 0 bridgehead atoms. The molecule has 148 valence electrons. The number of carboxylic acid groups (broad SMARTS) is 1. The number of nitriles is 1. The number of nitrogens with one attached hydrogen (secondary N) is 1. The van der Waals surface area contributed by atoms with Crippen molar-refractivity contribution in [3.63, 3.8) is 0 Å². The minimum Gasteiger partial charge on any atom is -0.475 e. The first-order valence-electron chi connectivity index (χ1n) is 7.89. The summed E-state index contributed by atoms with van der Waals surface area (Å²) in [5.41, 5.74) is 0.739. The largest absolute Gasteiger partial charge is 0.490 e. The van der Waals surface area contributed by atoms with Gasteiger partial charge in [0, 0.05) is 32.2 Å². The molecule has 0 amide bonds. The number of nitrogens with zero attached hydrogens (tertiary/aromatic N) is 2. The van der Waals surface area contributed by atoms with E-state index in [-0.39, 0.29) is 16.7 Å². The highest BCUT2D eigenvalue weighted by atomic mass is 35.5. The number of rotatable bonds is 1. The Balaban J connectivity index is 0.000000321. The molecule has 1 aromatic rings. The zero-order chi connectivity index (χ0) is 20.2. The minimum atomic E-state index is -5.08. The molecule has 2 heterocycles. The predicted octanol–water partition coefficient (Wildman–Crippen LogP) is 2.33. The SMILES string of the molecule is N#Cc1cc([C@@H]2CN3CCNC[C@H]3CO2)cc(Cl)c1F.O=C(O)C(F)(F)F. The van der Waals surface area contributed by atoms with Gasteiger partial charge in [-0.2, -0.15) is 18.4 Å². The molecule has 2 atom stereocenters. The van der Waals surface area contributed by atoms with E-state index in [0.717, 1.165) is 31.7 Å². The number of carboxylic acids is 1. The number of carbonyl (C=O) groups is 1. The molecule has 0 unspecified atom stereocenters. The van der Waals surface area contributed by atoms with E-state index in [1.807, 2.05) is 6.07 Å². The first kappa shape index (κ1) is 21.4. The Bertz CT molecular complexity index is 739. The van der Waals surface area contributed by atoms with Crippen LogP contribution in [0.3, 0.4) is 0 Å². The van der Waals surface area contributed by atoms with Gasteiger partial charge in [0.25, 0.3) is 0 Å². The fourth-order valence-corrected chi connectivity index (χ4v) is 3.01. The first-order valence-corrected chi connectivity index (χ1v) is 8.26. The van der Waals surface area contributed by atoms with Crippen molar-refractivity contribution in [3.05, 3.63) is 34.1 Å². The van der Waals surface area contributed by atoms with Crippen LogP contribution >= 0.6 is 11.6 Å². The summed E-state index contributed by atoms with van der Waals surface area (Å²) in [6, 6.07) is 5.32. The van der Waals surface area contributed by atoms with Crippen LogP contribution in [0.4, 0.5) is 17.6 Å². The third-order valence-electron chi connectivity index (χ3n) is 4.15. The van der Waals surface area contributed by atoms with Crippen molar-refractivity contribution in [3.8, 4) is 6.07 Å². The maximum absolute atomic E-state index is 13.6. The van der Waals surface area contributed by atoms with E-state index in [1.54, 1.807) is 6.07 Å². The van der Waals surface area contributed by atoms with Crippen molar-refractivity contribution in [2.45, 2.75) is 18.3 Å². The van der Waals surface area contributed by atoms with Crippen molar-refractivity contribution in [1.82, 2.24) is 10.2 Å². The molecule has 1 aromatic carbocycles. The van der Waals surface area contributed by atoms with E-state index in [0.29, 0.717) is 12.6 Å². The van der Waals surface area contributed by atoms with Crippen LogP contribution in [-0.2, 0) is 9.53 Å². The number of alkyl halides is 3. The number of benzene rings is 1. The van der Waals surface area contributed by atoms with Crippen LogP contribution in [0.2, 0.25) is 5.02 Å². The summed E-state index contributed by atoms with van der Waals surface area (Å²) in [6.07, 6.45) is -5.24. The topological polar surface area (TPSA) is 85.6 Å². The van der Waals surface area contributed by atoms with Crippen molar-refractivity contribution in [2.75, 3.05) is 32.8 Å². The van der Waals surface area contributed by atoms with Crippen LogP contribution < -0.4 is 5.32 Å². The second kappa shape index (κ2) is 8.84. The van der Waals surface area contributed by atoms with Crippen molar-refractivity contribution in [2.24, 2.45) is 0 Å². The first-order chi connectivity index (χ1) is 12.6. The lowest BCUT2D eigenvalue weighted by Gasteiger charge is -2.42. The predicted molar refractivity (Wildman–Crippen MR) is 86.7 cm³/mol. The molecule has 2 aliphatic heterocycles. The average molecular weight is 410 g/mol. The lowest BCUT2D eigenvalue weighted by molar-refractivity contribution is -0.192. The second-order valence-electron chi connectivity index (χ2n) is 5.95. The molecule has 0 aromatic heterocycles. The summed E-state index contributed by atoms with van der Waals surface area (Å²) >= 11 is 5.85. The number of morpholine rings is 1. The van der Waals surface area contributed by atoms with Crippen LogP contribution in [0.1, 0.15) is 17.2 Å². The highest BCUT2D eigenvalue weighted by Gasteiger charge is 2.38. The van der Waals surface area contributed by atoms with E-state index in [4.69, 9.17) is 31.5 Å². The fourth-order valence-electron chi connectivity index (χ4n) is 2.78. The monoisotopic (exact) mass is 409 g/mol. The smallest absolute Gasteiger partial charge is 0.475 e. The van der Waals surface area contributed by atoms with Crippen molar-refractivity contribution < 1.29 is 32.2 Å². The molecule has 2 aliphatic rings. The van der Waals surface area contributed by atoms with Gasteiger partial charge < -0.3 is 15.2 Å². The molecule has 2 fully saturated rings. The second-order valence-corrected chi connectivity index (χ2v) is 6.36. The number of halogens is 5. The van der Waals surface area contributed by atoms with Gasteiger partial charge in [-0.05, 0) is 17.7 Å². The lowest BCUT2D eigenvalue weighted by Crippen LogP contribution is -2.57. The number of piperazine rings is 1. The molecule has 2 saturated heterocycles. The number of aliphatic carboxylic acids is 1. The van der Waals surface area contributed by atoms with Crippen LogP contribution in [0.15, 0.2) is 12.1 Å². The van der Waals surface area contributed by atoms with Crippen molar-refractivity contribution >= 4 is 17.6 Å². The standard InChI is InChI=1S/C14H15ClFN3O.C2HF3O2/c15-12-4-9(3-10(5-17)14(12)16)13-7-19-2-1-18-6-11(19)8-20-13;3-2(4,5)1(6)7/h3-4,11,13,18H,1-2,6-8H2;(H,6,7)/t11-,13-;/m0./s1. The summed E-state index contributed by atoms with van der Waals surface area (Å²) in [4.78, 5) is 11.3. The zero-order valence-corrected chi connectivity index (χ0v) is 14.6. The van der Waals surface area contributed by atoms with Gasteiger partial charge in [0.15, 0.2) is 5.82 Å². The summed E-state index contributed by atoms with van der Waals surface area (Å²) in [7, 11) is 0. The molecular weight excluding hydrogens is 394 g/mol. The Morgan fingerprint density at radius 2 is 2.11 bits per heavy atom. The van der Waals surface area contributed by atoms with Crippen molar-refractivity contribution in [1.29, 1.82) is 5.26 Å². The van der Waals surface area contributed by atoms with Crippen LogP contribution in [0.25, 0.3) is 0 Å². The molecule has 0 radical (unpaired) electrons. The fraction of sp³-hybridized carbons (Fsp3) is 0.500. The maximum atomic E-state index is 13.6. The maximum Gasteiger partial charge on any atom is 0.490 e. The van der Waals surface area contributed by atoms with E-state index in [2.05, 4.69) is 10.2 Å². The third kappa shape index (κ3) is 5.52. The Morgan fingerprint density at radius 3 is 2.70 bits per heavy atom. The Morgan fingerprint density at radius 1 is 1.44 bits per heavy atom. The number of ether oxygens (including phenoxy) is 1. The van der Waals surface area contributed by atoms with E-state index < -0.39 is 18.0 Å². The van der Waals surface area contributed by atoms with E-state index in [9.17, 15) is 17.6 Å². The molecular formula is C16H16ClF4N3O3. The molecule has 0 aliphatic carbocycles. The number of hydrogen-bond donors (Lipinski definition) is 2. The van der Waals surface area contributed by atoms with Crippen LogP contribution in [0, 0.1) is 17.1 Å². The van der Waals surface area contributed by atoms with Gasteiger partial charge in [0.2, 0.25) is 0 Å². The lowest BCUT2D eigenvalue weighted by atomic mass is 10.0. The van der Waals surface area contributed by atoms with Gasteiger partial charge in [-0.3, -0.25) is 4.90 Å². The third-order valence-corrected chi connectivity index (χ3v) is 4.42. The van der Waals surface area contributed by atoms with Gasteiger partial charge in [0.1, 0.15) is 6.07 Å². The van der Waals surface area contributed by atoms with E-state index >= 15 is 0 Å². The zero-order valence-electron chi connectivity index (χ0n) is 13.9. The van der Waals surface area contributed by atoms with Gasteiger partial charge in [-0.1, -0.05) is 11.6 Å². The van der Waals surface area contributed by atoms with Gasteiger partial charge in [-0.15, -0.1) is 0 Å². The molecule has 0 saturated carbocycles. The summed E-state index contributed by atoms with van der Waals surface area (Å²) in [5.74, 6) is -3.42. The summed E-state index contributed by atoms with van der Waals surface area (Å²) < 4.78 is 51.2. The highest BCUT2D eigenvalue weighted by molar-refractivity contribution is 6.30. The number of hydrogen-bond acceptors (Lipinski definition) is 5. The number of fused-ring (bicyclic) bond motifs is 1. The molecule has 6 nitrogen and oxygen atoms in total. The van der Waals surface area contributed by atoms with Gasteiger partial charge in [-0.25, -0.2) is 9.18 Å². The Kier molecular flexibility index (Phi) is 7.00. The normalized spacial score (nSPS) is 22.8. The molecule has 27 heavy (non-hydrogen) atoms. The highest BCUT2D eigenvalue weighted by Crippen LogP contribution is 2.30. The summed E-state index contributed by atoms with van der Waals surface area (Å²) in [6.45, 7) is 4.26. The average Bonchev–Trinajstić information content (AvgIpc) is 2.63. The van der Waals surface area contributed by atoms with E-state index in [1.165, 1.54) is 6.07 Å². The molecule has 3 rings (SSSR count). The summed E-state index contributed by atoms with van der Waals surface area (Å²) in [5, 5.41) is 19.4.